The van der Waals surface area contributed by atoms with Gasteiger partial charge in [-0.1, -0.05) is 19.1 Å². The molecule has 0 aliphatic carbocycles. The third-order valence-electron chi connectivity index (χ3n) is 3.34. The van der Waals surface area contributed by atoms with Crippen molar-refractivity contribution in [1.82, 2.24) is 5.32 Å². The summed E-state index contributed by atoms with van der Waals surface area (Å²) in [6, 6.07) is 6.94. The molecule has 0 fully saturated rings. The van der Waals surface area contributed by atoms with Crippen LogP contribution in [0.2, 0.25) is 0 Å². The zero-order valence-corrected chi connectivity index (χ0v) is 14.9. The lowest BCUT2D eigenvalue weighted by atomic mass is 10.2. The maximum Gasteiger partial charge on any atom is 0.249 e. The van der Waals surface area contributed by atoms with E-state index < -0.39 is 22.0 Å². The van der Waals surface area contributed by atoms with Gasteiger partial charge in [0.05, 0.1) is 19.5 Å². The number of amides is 1. The molecule has 0 aromatic heterocycles. The molecule has 1 rings (SSSR count). The lowest BCUT2D eigenvalue weighted by Crippen LogP contribution is -2.43. The summed E-state index contributed by atoms with van der Waals surface area (Å²) in [5.74, 6) is 0.390. The topological polar surface area (TPSA) is 81.7 Å². The van der Waals surface area contributed by atoms with E-state index in [1.54, 1.807) is 27.9 Å². The molecule has 7 heteroatoms. The van der Waals surface area contributed by atoms with E-state index in [4.69, 9.17) is 9.47 Å². The fraction of sp³-hybridized carbons (Fsp3) is 0.562. The van der Waals surface area contributed by atoms with E-state index in [0.29, 0.717) is 0 Å². The quantitative estimate of drug-likeness (QED) is 0.735. The lowest BCUT2D eigenvalue weighted by molar-refractivity contribution is -0.132. The Kier molecular flexibility index (Phi) is 7.51. The van der Waals surface area contributed by atoms with Gasteiger partial charge >= 0.3 is 0 Å². The predicted molar refractivity (Wildman–Crippen MR) is 89.2 cm³/mol. The Morgan fingerprint density at radius 1 is 1.30 bits per heavy atom. The molecule has 0 aliphatic rings. The van der Waals surface area contributed by atoms with E-state index in [1.165, 1.54) is 0 Å². The fourth-order valence-electron chi connectivity index (χ4n) is 1.96. The number of carbonyl (C=O) groups is 1. The number of nitrogens with one attached hydrogen (secondary N) is 1. The third kappa shape index (κ3) is 7.00. The molecule has 6 nitrogen and oxygen atoms in total. The van der Waals surface area contributed by atoms with Crippen molar-refractivity contribution in [2.24, 2.45) is 0 Å². The second kappa shape index (κ2) is 8.88. The summed E-state index contributed by atoms with van der Waals surface area (Å²) in [6.07, 6.45) is -0.673. The molecule has 0 saturated carbocycles. The molecular weight excluding hydrogens is 318 g/mol. The Bertz CT molecular complexity index is 615. The molecule has 130 valence electrons. The van der Waals surface area contributed by atoms with Gasteiger partial charge in [0, 0.05) is 11.8 Å². The van der Waals surface area contributed by atoms with Gasteiger partial charge in [-0.15, -0.1) is 0 Å². The zero-order valence-electron chi connectivity index (χ0n) is 14.0. The minimum atomic E-state index is -3.12. The van der Waals surface area contributed by atoms with Gasteiger partial charge in [-0.3, -0.25) is 4.79 Å². The number of hydrogen-bond acceptors (Lipinski definition) is 5. The highest BCUT2D eigenvalue weighted by atomic mass is 32.2. The van der Waals surface area contributed by atoms with Gasteiger partial charge in [0.25, 0.3) is 0 Å². The van der Waals surface area contributed by atoms with Crippen LogP contribution >= 0.6 is 0 Å². The first-order valence-electron chi connectivity index (χ1n) is 7.52. The molecule has 1 aromatic rings. The van der Waals surface area contributed by atoms with Gasteiger partial charge in [0.2, 0.25) is 5.91 Å². The highest BCUT2D eigenvalue weighted by Crippen LogP contribution is 2.13. The Morgan fingerprint density at radius 3 is 2.61 bits per heavy atom. The Hall–Kier alpha value is -1.60. The van der Waals surface area contributed by atoms with Crippen molar-refractivity contribution in [2.75, 3.05) is 18.6 Å². The first-order valence-corrected chi connectivity index (χ1v) is 9.35. The summed E-state index contributed by atoms with van der Waals surface area (Å²) >= 11 is 0. The number of rotatable bonds is 9. The monoisotopic (exact) mass is 343 g/mol. The van der Waals surface area contributed by atoms with Gasteiger partial charge in [-0.05, 0) is 31.5 Å². The molecule has 0 heterocycles. The summed E-state index contributed by atoms with van der Waals surface area (Å²) in [5.41, 5.74) is 0.894. The standard InChI is InChI=1S/C16H25NO5S/c1-5-23(19,20)11-12(2)17-16(18)13(3)22-10-14-7-6-8-15(9-14)21-4/h6-9,12-13H,5,10-11H2,1-4H3,(H,17,18)/t12-,13-/m0/s1. The van der Waals surface area contributed by atoms with Crippen molar-refractivity contribution >= 4 is 15.7 Å². The van der Waals surface area contributed by atoms with Crippen LogP contribution in [0.1, 0.15) is 26.3 Å². The van der Waals surface area contributed by atoms with E-state index in [-0.39, 0.29) is 24.0 Å². The van der Waals surface area contributed by atoms with E-state index in [0.717, 1.165) is 11.3 Å². The predicted octanol–water partition coefficient (Wildman–Crippen LogP) is 1.54. The second-order valence-corrected chi connectivity index (χ2v) is 7.81. The van der Waals surface area contributed by atoms with Crippen LogP contribution in [0.3, 0.4) is 0 Å². The lowest BCUT2D eigenvalue weighted by Gasteiger charge is -2.18. The first-order chi connectivity index (χ1) is 10.8. The van der Waals surface area contributed by atoms with Crippen LogP contribution in [0, 0.1) is 0 Å². The van der Waals surface area contributed by atoms with Crippen molar-refractivity contribution < 1.29 is 22.7 Å². The number of benzene rings is 1. The third-order valence-corrected chi connectivity index (χ3v) is 5.22. The average molecular weight is 343 g/mol. The maximum atomic E-state index is 12.0. The van der Waals surface area contributed by atoms with Crippen molar-refractivity contribution in [1.29, 1.82) is 0 Å². The Balaban J connectivity index is 2.47. The molecule has 0 aliphatic heterocycles. The van der Waals surface area contributed by atoms with E-state index in [9.17, 15) is 13.2 Å². The summed E-state index contributed by atoms with van der Waals surface area (Å²) < 4.78 is 33.7. The molecule has 0 radical (unpaired) electrons. The average Bonchev–Trinajstić information content (AvgIpc) is 2.52. The molecule has 0 unspecified atom stereocenters. The Morgan fingerprint density at radius 2 is 2.00 bits per heavy atom. The number of carbonyl (C=O) groups excluding carboxylic acids is 1. The number of hydrogen-bond donors (Lipinski definition) is 1. The van der Waals surface area contributed by atoms with Gasteiger partial charge in [-0.2, -0.15) is 0 Å². The van der Waals surface area contributed by atoms with Gasteiger partial charge in [0.15, 0.2) is 9.84 Å². The largest absolute Gasteiger partial charge is 0.497 e. The van der Waals surface area contributed by atoms with Crippen molar-refractivity contribution in [3.8, 4) is 5.75 Å². The van der Waals surface area contributed by atoms with Crippen molar-refractivity contribution in [2.45, 2.75) is 39.5 Å². The Labute approximate surface area is 138 Å². The molecule has 0 spiro atoms. The molecule has 1 amide bonds. The molecule has 23 heavy (non-hydrogen) atoms. The molecule has 0 saturated heterocycles. The highest BCUT2D eigenvalue weighted by molar-refractivity contribution is 7.91. The molecular formula is C16H25NO5S. The number of ether oxygens (including phenoxy) is 2. The zero-order chi connectivity index (χ0) is 17.5. The van der Waals surface area contributed by atoms with E-state index in [2.05, 4.69) is 5.32 Å². The van der Waals surface area contributed by atoms with E-state index in [1.807, 2.05) is 24.3 Å². The van der Waals surface area contributed by atoms with E-state index >= 15 is 0 Å². The van der Waals surface area contributed by atoms with Crippen LogP contribution in [0.25, 0.3) is 0 Å². The minimum Gasteiger partial charge on any atom is -0.497 e. The highest BCUT2D eigenvalue weighted by Gasteiger charge is 2.19. The SMILES string of the molecule is CCS(=O)(=O)C[C@H](C)NC(=O)[C@H](C)OCc1cccc(OC)c1. The number of methoxy groups -OCH3 is 1. The fourth-order valence-corrected chi connectivity index (χ4v) is 3.04. The summed E-state index contributed by atoms with van der Waals surface area (Å²) in [7, 11) is -1.54. The van der Waals surface area contributed by atoms with Crippen LogP contribution in [0.4, 0.5) is 0 Å². The van der Waals surface area contributed by atoms with Crippen LogP contribution in [0.15, 0.2) is 24.3 Å². The minimum absolute atomic E-state index is 0.0646. The molecule has 1 N–H and O–H groups in total. The number of sulfone groups is 1. The van der Waals surface area contributed by atoms with Crippen LogP contribution in [-0.4, -0.2) is 45.1 Å². The van der Waals surface area contributed by atoms with Crippen molar-refractivity contribution in [3.05, 3.63) is 29.8 Å². The molecule has 0 bridgehead atoms. The summed E-state index contributed by atoms with van der Waals surface area (Å²) in [5, 5.41) is 2.66. The van der Waals surface area contributed by atoms with Crippen molar-refractivity contribution in [3.63, 3.8) is 0 Å². The summed E-state index contributed by atoms with van der Waals surface area (Å²) in [4.78, 5) is 12.0. The molecule has 1 aromatic carbocycles. The van der Waals surface area contributed by atoms with Gasteiger partial charge < -0.3 is 14.8 Å². The normalized spacial score (nSPS) is 14.1. The molecule has 2 atom stereocenters. The summed E-state index contributed by atoms with van der Waals surface area (Å²) in [6.45, 7) is 5.16. The maximum absolute atomic E-state index is 12.0. The second-order valence-electron chi connectivity index (χ2n) is 5.41. The van der Waals surface area contributed by atoms with Gasteiger partial charge in [-0.25, -0.2) is 8.42 Å². The van der Waals surface area contributed by atoms with Gasteiger partial charge in [0.1, 0.15) is 11.9 Å². The van der Waals surface area contributed by atoms with Crippen LogP contribution < -0.4 is 10.1 Å². The van der Waals surface area contributed by atoms with Crippen LogP contribution in [0.5, 0.6) is 5.75 Å². The first kappa shape index (κ1) is 19.4. The smallest absolute Gasteiger partial charge is 0.249 e. The van der Waals surface area contributed by atoms with Crippen LogP contribution in [-0.2, 0) is 26.0 Å².